The summed E-state index contributed by atoms with van der Waals surface area (Å²) in [6.45, 7) is 4.42. The summed E-state index contributed by atoms with van der Waals surface area (Å²) in [5, 5.41) is 2.14. The Hall–Kier alpha value is -1.71. The van der Waals surface area contributed by atoms with Crippen LogP contribution in [-0.4, -0.2) is 6.29 Å². The molecule has 0 aliphatic heterocycles. The molecule has 3 rings (SSSR count). The van der Waals surface area contributed by atoms with Crippen molar-refractivity contribution in [3.05, 3.63) is 57.8 Å². The van der Waals surface area contributed by atoms with Gasteiger partial charge in [0.2, 0.25) is 0 Å². The van der Waals surface area contributed by atoms with Gasteiger partial charge >= 0.3 is 0 Å². The summed E-state index contributed by atoms with van der Waals surface area (Å²) in [4.78, 5) is 14.2. The summed E-state index contributed by atoms with van der Waals surface area (Å²) in [5.41, 5.74) is 5.40. The number of carbonyl (C=O) groups excluding carboxylic acids is 1. The highest BCUT2D eigenvalue weighted by Gasteiger charge is 2.13. The second-order valence-electron chi connectivity index (χ2n) is 5.17. The first-order valence-electron chi connectivity index (χ1n) is 7.51. The second kappa shape index (κ2) is 6.59. The van der Waals surface area contributed by atoms with Gasteiger partial charge in [0.1, 0.15) is 0 Å². The number of hydrogen-bond donors (Lipinski definition) is 0. The molecule has 0 spiro atoms. The lowest BCUT2D eigenvalue weighted by atomic mass is 9.93. The Morgan fingerprint density at radius 2 is 1.73 bits per heavy atom. The molecule has 112 valence electrons. The van der Waals surface area contributed by atoms with Gasteiger partial charge in [-0.2, -0.15) is 0 Å². The van der Waals surface area contributed by atoms with Crippen molar-refractivity contribution in [2.45, 2.75) is 26.7 Å². The normalized spacial score (nSPS) is 10.8. The van der Waals surface area contributed by atoms with Gasteiger partial charge in [-0.1, -0.05) is 19.9 Å². The van der Waals surface area contributed by atoms with E-state index in [0.29, 0.717) is 0 Å². The molecule has 3 heteroatoms. The third kappa shape index (κ3) is 2.79. The van der Waals surface area contributed by atoms with Crippen LogP contribution in [0.15, 0.2) is 41.8 Å². The van der Waals surface area contributed by atoms with Gasteiger partial charge in [-0.15, -0.1) is 22.7 Å². The van der Waals surface area contributed by atoms with Gasteiger partial charge in [-0.05, 0) is 70.8 Å². The van der Waals surface area contributed by atoms with E-state index in [4.69, 9.17) is 0 Å². The lowest BCUT2D eigenvalue weighted by molar-refractivity contribution is 0.112. The molecule has 0 saturated carbocycles. The molecule has 0 saturated heterocycles. The first-order valence-corrected chi connectivity index (χ1v) is 9.21. The van der Waals surface area contributed by atoms with Gasteiger partial charge in [0, 0.05) is 9.75 Å². The molecule has 22 heavy (non-hydrogen) atoms. The Balaban J connectivity index is 2.17. The van der Waals surface area contributed by atoms with Crippen molar-refractivity contribution in [1.29, 1.82) is 0 Å². The van der Waals surface area contributed by atoms with Gasteiger partial charge in [0.05, 0.1) is 4.88 Å². The van der Waals surface area contributed by atoms with Crippen molar-refractivity contribution in [2.24, 2.45) is 0 Å². The Kier molecular flexibility index (Phi) is 4.55. The van der Waals surface area contributed by atoms with Crippen molar-refractivity contribution >= 4 is 29.0 Å². The molecule has 2 heterocycles. The molecule has 1 aromatic carbocycles. The van der Waals surface area contributed by atoms with Crippen LogP contribution in [0.3, 0.4) is 0 Å². The van der Waals surface area contributed by atoms with Crippen molar-refractivity contribution in [3.63, 3.8) is 0 Å². The quantitative estimate of drug-likeness (QED) is 0.519. The Morgan fingerprint density at radius 1 is 1.00 bits per heavy atom. The van der Waals surface area contributed by atoms with Crippen LogP contribution in [0.25, 0.3) is 20.9 Å². The van der Waals surface area contributed by atoms with E-state index in [1.54, 1.807) is 22.7 Å². The summed E-state index contributed by atoms with van der Waals surface area (Å²) in [6, 6.07) is 12.8. The molecule has 2 aromatic heterocycles. The van der Waals surface area contributed by atoms with E-state index in [0.717, 1.165) is 24.0 Å². The molecule has 0 aliphatic rings. The number of carbonyl (C=O) groups is 1. The van der Waals surface area contributed by atoms with E-state index in [2.05, 4.69) is 43.5 Å². The molecule has 0 atom stereocenters. The van der Waals surface area contributed by atoms with Crippen LogP contribution in [0.2, 0.25) is 0 Å². The van der Waals surface area contributed by atoms with Gasteiger partial charge in [0.15, 0.2) is 6.29 Å². The maximum atomic E-state index is 10.9. The first kappa shape index (κ1) is 15.2. The average molecular weight is 326 g/mol. The zero-order valence-corrected chi connectivity index (χ0v) is 14.4. The van der Waals surface area contributed by atoms with Crippen LogP contribution >= 0.6 is 22.7 Å². The summed E-state index contributed by atoms with van der Waals surface area (Å²) >= 11 is 3.36. The van der Waals surface area contributed by atoms with Gasteiger partial charge in [0.25, 0.3) is 0 Å². The molecule has 1 nitrogen and oxygen atoms in total. The fourth-order valence-electron chi connectivity index (χ4n) is 2.78. The van der Waals surface area contributed by atoms with Crippen molar-refractivity contribution < 1.29 is 4.79 Å². The predicted octanol–water partition coefficient (Wildman–Crippen LogP) is 6.08. The molecule has 0 aliphatic carbocycles. The number of aldehydes is 1. The lowest BCUT2D eigenvalue weighted by Crippen LogP contribution is -1.94. The van der Waals surface area contributed by atoms with Gasteiger partial charge in [-0.25, -0.2) is 0 Å². The van der Waals surface area contributed by atoms with Crippen molar-refractivity contribution in [3.8, 4) is 20.9 Å². The number of rotatable bonds is 5. The predicted molar refractivity (Wildman–Crippen MR) is 97.2 cm³/mol. The summed E-state index contributed by atoms with van der Waals surface area (Å²) in [7, 11) is 0. The molecular weight excluding hydrogens is 308 g/mol. The second-order valence-corrected chi connectivity index (χ2v) is 7.24. The SMILES string of the molecule is CCc1cc(-c2ccc(C=O)s2)cc(CC)c1-c1cccs1. The van der Waals surface area contributed by atoms with Crippen molar-refractivity contribution in [2.75, 3.05) is 0 Å². The number of benzene rings is 1. The van der Waals surface area contributed by atoms with Crippen LogP contribution < -0.4 is 0 Å². The van der Waals surface area contributed by atoms with E-state index in [-0.39, 0.29) is 0 Å². The standard InChI is InChI=1S/C19H18OS2/c1-3-13-10-15(17-8-7-16(12-20)22-17)11-14(4-2)19(13)18-6-5-9-21-18/h5-12H,3-4H2,1-2H3. The molecule has 0 radical (unpaired) electrons. The fourth-order valence-corrected chi connectivity index (χ4v) is 4.43. The third-order valence-corrected chi connectivity index (χ3v) is 5.81. The van der Waals surface area contributed by atoms with Gasteiger partial charge < -0.3 is 0 Å². The maximum Gasteiger partial charge on any atom is 0.160 e. The first-order chi connectivity index (χ1) is 10.8. The van der Waals surface area contributed by atoms with Crippen LogP contribution in [0.4, 0.5) is 0 Å². The summed E-state index contributed by atoms with van der Waals surface area (Å²) in [5.74, 6) is 0. The molecule has 0 bridgehead atoms. The molecule has 0 amide bonds. The Labute approximate surface area is 139 Å². The van der Waals surface area contributed by atoms with Crippen LogP contribution in [-0.2, 0) is 12.8 Å². The zero-order chi connectivity index (χ0) is 15.5. The minimum Gasteiger partial charge on any atom is -0.297 e. The fraction of sp³-hybridized carbons (Fsp3) is 0.211. The molecule has 0 fully saturated rings. The third-order valence-electron chi connectivity index (χ3n) is 3.86. The van der Waals surface area contributed by atoms with Crippen LogP contribution in [0.5, 0.6) is 0 Å². The highest BCUT2D eigenvalue weighted by atomic mass is 32.1. The minimum absolute atomic E-state index is 0.786. The molecule has 3 aromatic rings. The van der Waals surface area contributed by atoms with Crippen LogP contribution in [0.1, 0.15) is 34.6 Å². The van der Waals surface area contributed by atoms with E-state index in [1.807, 2.05) is 12.1 Å². The number of aryl methyl sites for hydroxylation is 2. The molecule has 0 N–H and O–H groups in total. The smallest absolute Gasteiger partial charge is 0.160 e. The highest BCUT2D eigenvalue weighted by molar-refractivity contribution is 7.17. The topological polar surface area (TPSA) is 17.1 Å². The minimum atomic E-state index is 0.786. The largest absolute Gasteiger partial charge is 0.297 e. The van der Waals surface area contributed by atoms with E-state index >= 15 is 0 Å². The van der Waals surface area contributed by atoms with Crippen molar-refractivity contribution in [1.82, 2.24) is 0 Å². The highest BCUT2D eigenvalue weighted by Crippen LogP contribution is 2.37. The number of thiophene rings is 2. The monoisotopic (exact) mass is 326 g/mol. The van der Waals surface area contributed by atoms with E-state index in [9.17, 15) is 4.79 Å². The summed E-state index contributed by atoms with van der Waals surface area (Å²) < 4.78 is 0. The van der Waals surface area contributed by atoms with Crippen LogP contribution in [0, 0.1) is 0 Å². The molecular formula is C19H18OS2. The van der Waals surface area contributed by atoms with Gasteiger partial charge in [-0.3, -0.25) is 4.79 Å². The molecule has 0 unspecified atom stereocenters. The average Bonchev–Trinajstić information content (AvgIpc) is 3.24. The number of hydrogen-bond acceptors (Lipinski definition) is 3. The maximum absolute atomic E-state index is 10.9. The van der Waals surface area contributed by atoms with E-state index in [1.165, 1.54) is 32.0 Å². The Morgan fingerprint density at radius 3 is 2.23 bits per heavy atom. The lowest BCUT2D eigenvalue weighted by Gasteiger charge is -2.14. The Bertz CT molecular complexity index is 757. The summed E-state index contributed by atoms with van der Waals surface area (Å²) in [6.07, 6.45) is 2.95. The zero-order valence-electron chi connectivity index (χ0n) is 12.8. The van der Waals surface area contributed by atoms with E-state index < -0.39 is 0 Å².